The van der Waals surface area contributed by atoms with Gasteiger partial charge in [0.25, 0.3) is 0 Å². The number of nitrogens with zero attached hydrogens (tertiary/aromatic N) is 4. The van der Waals surface area contributed by atoms with Gasteiger partial charge in [0, 0.05) is 43.4 Å². The molecule has 0 spiro atoms. The van der Waals surface area contributed by atoms with Gasteiger partial charge in [0.1, 0.15) is 0 Å². The maximum absolute atomic E-state index is 12.6. The molecular weight excluding hydrogens is 346 g/mol. The van der Waals surface area contributed by atoms with E-state index < -0.39 is 6.10 Å². The molecule has 0 unspecified atom stereocenters. The summed E-state index contributed by atoms with van der Waals surface area (Å²) in [5.41, 5.74) is 4.01. The number of aliphatic hydroxyl groups excluding tert-OH is 1. The summed E-state index contributed by atoms with van der Waals surface area (Å²) in [6, 6.07) is 1.96. The van der Waals surface area contributed by atoms with Crippen LogP contribution in [0.2, 0.25) is 0 Å². The molecule has 1 fully saturated rings. The molecule has 2 aromatic rings. The van der Waals surface area contributed by atoms with Crippen molar-refractivity contribution in [2.75, 3.05) is 13.1 Å². The van der Waals surface area contributed by atoms with Crippen molar-refractivity contribution in [1.29, 1.82) is 0 Å². The Bertz CT molecular complexity index is 854. The van der Waals surface area contributed by atoms with Crippen LogP contribution in [0.3, 0.4) is 0 Å². The van der Waals surface area contributed by atoms with Crippen LogP contribution in [0.4, 0.5) is 0 Å². The summed E-state index contributed by atoms with van der Waals surface area (Å²) >= 11 is 0. The number of nitrogens with one attached hydrogen (secondary N) is 1. The first-order chi connectivity index (χ1) is 12.8. The fraction of sp³-hybridized carbons (Fsp3) is 0.579. The minimum absolute atomic E-state index is 0.00495. The molecule has 0 aromatic carbocycles. The molecule has 1 aliphatic rings. The van der Waals surface area contributed by atoms with Crippen molar-refractivity contribution in [1.82, 2.24) is 24.9 Å². The van der Waals surface area contributed by atoms with Crippen LogP contribution in [0.5, 0.6) is 0 Å². The lowest BCUT2D eigenvalue weighted by atomic mass is 10.0. The van der Waals surface area contributed by atoms with E-state index in [4.69, 9.17) is 0 Å². The summed E-state index contributed by atoms with van der Waals surface area (Å²) in [7, 11) is 0. The molecule has 8 heteroatoms. The number of Topliss-reactive ketones (excluding diaryl/α,β-unsaturated/α-hetero) is 1. The van der Waals surface area contributed by atoms with Crippen LogP contribution in [0.15, 0.2) is 6.07 Å². The van der Waals surface area contributed by atoms with Crippen molar-refractivity contribution in [3.63, 3.8) is 0 Å². The van der Waals surface area contributed by atoms with Gasteiger partial charge in [-0.15, -0.1) is 0 Å². The third-order valence-electron chi connectivity index (χ3n) is 5.26. The zero-order chi connectivity index (χ0) is 19.7. The van der Waals surface area contributed by atoms with Crippen molar-refractivity contribution >= 4 is 11.7 Å². The van der Waals surface area contributed by atoms with Gasteiger partial charge in [-0.3, -0.25) is 19.4 Å². The Hall–Kier alpha value is -2.48. The number of aliphatic hydroxyl groups is 1. The number of aromatic nitrogens is 4. The summed E-state index contributed by atoms with van der Waals surface area (Å²) in [5, 5.41) is 21.8. The van der Waals surface area contributed by atoms with E-state index in [9.17, 15) is 14.7 Å². The molecule has 0 bridgehead atoms. The Morgan fingerprint density at radius 3 is 2.63 bits per heavy atom. The van der Waals surface area contributed by atoms with Gasteiger partial charge >= 0.3 is 0 Å². The highest BCUT2D eigenvalue weighted by atomic mass is 16.3. The number of aromatic amines is 1. The summed E-state index contributed by atoms with van der Waals surface area (Å²) in [6.07, 6.45) is 0.401. The standard InChI is InChI=1S/C19H27N5O3/c1-11-7-16(21-20-11)8-15-9-23(10-17(15)26)18(27)5-6-24-13(3)19(14(4)25)12(2)22-24/h7,15,17,26H,5-6,8-10H2,1-4H3,(H,20,21)/t15-,17+/m1/s1. The van der Waals surface area contributed by atoms with E-state index >= 15 is 0 Å². The number of amides is 1. The van der Waals surface area contributed by atoms with Gasteiger partial charge in [-0.25, -0.2) is 0 Å². The molecule has 146 valence electrons. The van der Waals surface area contributed by atoms with Gasteiger partial charge < -0.3 is 10.0 Å². The highest BCUT2D eigenvalue weighted by Crippen LogP contribution is 2.22. The molecule has 27 heavy (non-hydrogen) atoms. The fourth-order valence-electron chi connectivity index (χ4n) is 3.89. The number of carbonyl (C=O) groups excluding carboxylic acids is 2. The third kappa shape index (κ3) is 4.10. The first kappa shape index (κ1) is 19.3. The van der Waals surface area contributed by atoms with Gasteiger partial charge in [0.15, 0.2) is 5.78 Å². The number of carbonyl (C=O) groups is 2. The van der Waals surface area contributed by atoms with Crippen LogP contribution in [0, 0.1) is 26.7 Å². The number of H-pyrrole nitrogens is 1. The topological polar surface area (TPSA) is 104 Å². The molecule has 3 rings (SSSR count). The highest BCUT2D eigenvalue weighted by Gasteiger charge is 2.34. The van der Waals surface area contributed by atoms with E-state index in [-0.39, 0.29) is 17.6 Å². The Balaban J connectivity index is 1.57. The second-order valence-corrected chi connectivity index (χ2v) is 7.45. The molecule has 3 heterocycles. The number of rotatable bonds is 6. The summed E-state index contributed by atoms with van der Waals surface area (Å²) in [5.74, 6) is -0.0250. The van der Waals surface area contributed by atoms with E-state index in [1.165, 1.54) is 6.92 Å². The SMILES string of the molecule is CC(=O)c1c(C)nn(CCC(=O)N2C[C@@H](Cc3cc(C)[nH]n3)[C@@H](O)C2)c1C. The van der Waals surface area contributed by atoms with Crippen LogP contribution < -0.4 is 0 Å². The van der Waals surface area contributed by atoms with Crippen molar-refractivity contribution in [3.05, 3.63) is 34.4 Å². The molecule has 0 saturated carbocycles. The van der Waals surface area contributed by atoms with Crippen LogP contribution in [-0.4, -0.2) is 60.9 Å². The van der Waals surface area contributed by atoms with Crippen molar-refractivity contribution < 1.29 is 14.7 Å². The van der Waals surface area contributed by atoms with Crippen LogP contribution in [0.1, 0.15) is 46.5 Å². The number of aryl methyl sites for hydroxylation is 3. The Morgan fingerprint density at radius 2 is 2.04 bits per heavy atom. The van der Waals surface area contributed by atoms with Crippen LogP contribution in [0.25, 0.3) is 0 Å². The number of likely N-dealkylation sites (tertiary alicyclic amines) is 1. The van der Waals surface area contributed by atoms with Crippen molar-refractivity contribution in [2.45, 2.75) is 53.2 Å². The fourth-order valence-corrected chi connectivity index (χ4v) is 3.89. The summed E-state index contributed by atoms with van der Waals surface area (Å²) in [4.78, 5) is 26.0. The molecule has 2 N–H and O–H groups in total. The highest BCUT2D eigenvalue weighted by molar-refractivity contribution is 5.96. The summed E-state index contributed by atoms with van der Waals surface area (Å²) in [6.45, 7) is 8.43. The normalized spacial score (nSPS) is 19.7. The maximum atomic E-state index is 12.6. The van der Waals surface area contributed by atoms with E-state index in [1.54, 1.807) is 16.5 Å². The molecule has 2 atom stereocenters. The maximum Gasteiger partial charge on any atom is 0.224 e. The number of hydrogen-bond donors (Lipinski definition) is 2. The molecular formula is C19H27N5O3. The van der Waals surface area contributed by atoms with Gasteiger partial charge in [-0.05, 0) is 40.2 Å². The van der Waals surface area contributed by atoms with E-state index in [2.05, 4.69) is 15.3 Å². The smallest absolute Gasteiger partial charge is 0.224 e. The zero-order valence-electron chi connectivity index (χ0n) is 16.3. The molecule has 0 aliphatic carbocycles. The second kappa shape index (κ2) is 7.64. The second-order valence-electron chi connectivity index (χ2n) is 7.45. The summed E-state index contributed by atoms with van der Waals surface area (Å²) < 4.78 is 1.72. The molecule has 2 aromatic heterocycles. The molecule has 1 amide bonds. The lowest BCUT2D eigenvalue weighted by Gasteiger charge is -2.16. The van der Waals surface area contributed by atoms with Crippen molar-refractivity contribution in [3.8, 4) is 0 Å². The Kier molecular flexibility index (Phi) is 5.46. The molecule has 0 radical (unpaired) electrons. The quantitative estimate of drug-likeness (QED) is 0.740. The van der Waals surface area contributed by atoms with E-state index in [0.29, 0.717) is 43.7 Å². The lowest BCUT2D eigenvalue weighted by molar-refractivity contribution is -0.130. The predicted molar refractivity (Wildman–Crippen MR) is 99.4 cm³/mol. The van der Waals surface area contributed by atoms with Gasteiger partial charge in [-0.2, -0.15) is 10.2 Å². The van der Waals surface area contributed by atoms with Gasteiger partial charge in [-0.1, -0.05) is 0 Å². The van der Waals surface area contributed by atoms with Crippen LogP contribution in [-0.2, 0) is 17.8 Å². The number of hydrogen-bond acceptors (Lipinski definition) is 5. The molecule has 1 saturated heterocycles. The molecule has 8 nitrogen and oxygen atoms in total. The predicted octanol–water partition coefficient (Wildman–Crippen LogP) is 1.19. The average molecular weight is 373 g/mol. The van der Waals surface area contributed by atoms with Gasteiger partial charge in [0.05, 0.1) is 23.1 Å². The largest absolute Gasteiger partial charge is 0.391 e. The Morgan fingerprint density at radius 1 is 1.30 bits per heavy atom. The molecule has 1 aliphatic heterocycles. The van der Waals surface area contributed by atoms with E-state index in [0.717, 1.165) is 17.1 Å². The van der Waals surface area contributed by atoms with Gasteiger partial charge in [0.2, 0.25) is 5.91 Å². The Labute approximate surface area is 158 Å². The monoisotopic (exact) mass is 373 g/mol. The average Bonchev–Trinajstić information content (AvgIpc) is 3.24. The third-order valence-corrected chi connectivity index (χ3v) is 5.26. The van der Waals surface area contributed by atoms with Crippen molar-refractivity contribution in [2.24, 2.45) is 5.92 Å². The minimum atomic E-state index is -0.538. The lowest BCUT2D eigenvalue weighted by Crippen LogP contribution is -2.30. The first-order valence-corrected chi connectivity index (χ1v) is 9.28. The van der Waals surface area contributed by atoms with Crippen LogP contribution >= 0.6 is 0 Å². The number of ketones is 1. The number of β-amino-alcohol motifs (C(OH)–C–C–N with tert-alkyl or cyclic N) is 1. The minimum Gasteiger partial charge on any atom is -0.391 e. The first-order valence-electron chi connectivity index (χ1n) is 9.28. The van der Waals surface area contributed by atoms with E-state index in [1.807, 2.05) is 19.9 Å². The zero-order valence-corrected chi connectivity index (χ0v) is 16.3.